The SMILES string of the molecule is O=C1[C@@H](Nc2ccn(CC(F)(F)F)n2)CCN1c1ccccc1. The number of alkyl halides is 3. The van der Waals surface area contributed by atoms with E-state index in [-0.39, 0.29) is 11.7 Å². The van der Waals surface area contributed by atoms with Crippen LogP contribution >= 0.6 is 0 Å². The average molecular weight is 324 g/mol. The fourth-order valence-corrected chi connectivity index (χ4v) is 2.57. The molecule has 2 heterocycles. The Balaban J connectivity index is 1.64. The lowest BCUT2D eigenvalue weighted by atomic mass is 10.2. The first-order valence-corrected chi connectivity index (χ1v) is 7.15. The summed E-state index contributed by atoms with van der Waals surface area (Å²) in [5.74, 6) is 0.157. The summed E-state index contributed by atoms with van der Waals surface area (Å²) < 4.78 is 37.7. The Morgan fingerprint density at radius 2 is 1.96 bits per heavy atom. The number of benzene rings is 1. The molecule has 1 aliphatic heterocycles. The Hall–Kier alpha value is -2.51. The summed E-state index contributed by atoms with van der Waals surface area (Å²) in [4.78, 5) is 14.1. The Kier molecular flexibility index (Phi) is 3.97. The summed E-state index contributed by atoms with van der Waals surface area (Å²) in [6.07, 6.45) is -2.51. The van der Waals surface area contributed by atoms with Crippen molar-refractivity contribution in [3.8, 4) is 0 Å². The van der Waals surface area contributed by atoms with Crippen LogP contribution < -0.4 is 10.2 Å². The van der Waals surface area contributed by atoms with Gasteiger partial charge in [-0.25, -0.2) is 0 Å². The smallest absolute Gasteiger partial charge is 0.357 e. The van der Waals surface area contributed by atoms with Crippen molar-refractivity contribution < 1.29 is 18.0 Å². The van der Waals surface area contributed by atoms with Crippen LogP contribution in [-0.4, -0.2) is 34.5 Å². The van der Waals surface area contributed by atoms with Gasteiger partial charge in [0.15, 0.2) is 0 Å². The van der Waals surface area contributed by atoms with Crippen molar-refractivity contribution in [3.05, 3.63) is 42.6 Å². The van der Waals surface area contributed by atoms with E-state index in [1.807, 2.05) is 30.3 Å². The van der Waals surface area contributed by atoms with E-state index in [2.05, 4.69) is 10.4 Å². The molecule has 0 bridgehead atoms. The number of carbonyl (C=O) groups is 1. The molecule has 122 valence electrons. The van der Waals surface area contributed by atoms with E-state index >= 15 is 0 Å². The van der Waals surface area contributed by atoms with Gasteiger partial charge in [-0.2, -0.15) is 18.3 Å². The number of aromatic nitrogens is 2. The number of anilines is 2. The quantitative estimate of drug-likeness (QED) is 0.941. The van der Waals surface area contributed by atoms with Crippen molar-refractivity contribution in [2.75, 3.05) is 16.8 Å². The predicted molar refractivity (Wildman–Crippen MR) is 79.1 cm³/mol. The highest BCUT2D eigenvalue weighted by molar-refractivity contribution is 6.00. The third-order valence-electron chi connectivity index (χ3n) is 3.58. The van der Waals surface area contributed by atoms with Crippen LogP contribution in [0.4, 0.5) is 24.7 Å². The molecule has 5 nitrogen and oxygen atoms in total. The molecule has 1 aromatic heterocycles. The number of hydrogen-bond acceptors (Lipinski definition) is 3. The second-order valence-corrected chi connectivity index (χ2v) is 5.32. The molecule has 3 rings (SSSR count). The zero-order chi connectivity index (χ0) is 16.4. The van der Waals surface area contributed by atoms with Crippen molar-refractivity contribution in [3.63, 3.8) is 0 Å². The van der Waals surface area contributed by atoms with Crippen LogP contribution in [0.2, 0.25) is 0 Å². The van der Waals surface area contributed by atoms with E-state index in [0.29, 0.717) is 13.0 Å². The van der Waals surface area contributed by atoms with Crippen molar-refractivity contribution >= 4 is 17.4 Å². The van der Waals surface area contributed by atoms with E-state index in [1.165, 1.54) is 12.3 Å². The minimum absolute atomic E-state index is 0.110. The highest BCUT2D eigenvalue weighted by atomic mass is 19.4. The van der Waals surface area contributed by atoms with Gasteiger partial charge in [-0.1, -0.05) is 18.2 Å². The standard InChI is InChI=1S/C15H15F3N4O/c16-15(17,18)10-21-8-7-13(20-21)19-12-6-9-22(14(12)23)11-4-2-1-3-5-11/h1-5,7-8,12H,6,9-10H2,(H,19,20)/t12-/m0/s1. The number of carbonyl (C=O) groups excluding carboxylic acids is 1. The van der Waals surface area contributed by atoms with Crippen LogP contribution in [0.1, 0.15) is 6.42 Å². The molecule has 8 heteroatoms. The van der Waals surface area contributed by atoms with Crippen molar-refractivity contribution in [2.24, 2.45) is 0 Å². The van der Waals surface area contributed by atoms with E-state index in [4.69, 9.17) is 0 Å². The van der Waals surface area contributed by atoms with Gasteiger partial charge in [0.25, 0.3) is 0 Å². The van der Waals surface area contributed by atoms with Gasteiger partial charge in [0, 0.05) is 24.5 Å². The lowest BCUT2D eigenvalue weighted by Crippen LogP contribution is -2.33. The molecular formula is C15H15F3N4O. The second kappa shape index (κ2) is 5.94. The summed E-state index contributed by atoms with van der Waals surface area (Å²) in [6.45, 7) is -0.590. The molecule has 0 aliphatic carbocycles. The topological polar surface area (TPSA) is 50.2 Å². The number of rotatable bonds is 4. The van der Waals surface area contributed by atoms with E-state index in [1.54, 1.807) is 4.90 Å². The Morgan fingerprint density at radius 3 is 2.65 bits per heavy atom. The molecule has 1 fully saturated rings. The number of halogens is 3. The Labute approximate surface area is 130 Å². The molecule has 2 aromatic rings. The van der Waals surface area contributed by atoms with Gasteiger partial charge < -0.3 is 10.2 Å². The average Bonchev–Trinajstić information content (AvgIpc) is 3.06. The molecule has 0 radical (unpaired) electrons. The number of para-hydroxylation sites is 1. The van der Waals surface area contributed by atoms with Crippen molar-refractivity contribution in [1.82, 2.24) is 9.78 Å². The first-order chi connectivity index (χ1) is 10.9. The van der Waals surface area contributed by atoms with Gasteiger partial charge in [0.2, 0.25) is 5.91 Å². The fraction of sp³-hybridized carbons (Fsp3) is 0.333. The summed E-state index contributed by atoms with van der Waals surface area (Å²) in [6, 6.07) is 10.2. The van der Waals surface area contributed by atoms with Gasteiger partial charge in [-0.05, 0) is 18.6 Å². The lowest BCUT2D eigenvalue weighted by Gasteiger charge is -2.17. The molecule has 1 aliphatic rings. The highest BCUT2D eigenvalue weighted by Crippen LogP contribution is 2.23. The normalized spacial score (nSPS) is 18.5. The molecule has 0 saturated carbocycles. The third kappa shape index (κ3) is 3.64. The molecule has 0 spiro atoms. The largest absolute Gasteiger partial charge is 0.408 e. The van der Waals surface area contributed by atoms with Crippen LogP contribution in [0.5, 0.6) is 0 Å². The Morgan fingerprint density at radius 1 is 1.22 bits per heavy atom. The second-order valence-electron chi connectivity index (χ2n) is 5.32. The van der Waals surface area contributed by atoms with Crippen LogP contribution in [0.3, 0.4) is 0 Å². The van der Waals surface area contributed by atoms with Gasteiger partial charge in [-0.15, -0.1) is 0 Å². The van der Waals surface area contributed by atoms with Gasteiger partial charge in [0.05, 0.1) is 0 Å². The van der Waals surface area contributed by atoms with E-state index in [9.17, 15) is 18.0 Å². The van der Waals surface area contributed by atoms with Crippen molar-refractivity contribution in [2.45, 2.75) is 25.2 Å². The maximum Gasteiger partial charge on any atom is 0.408 e. The van der Waals surface area contributed by atoms with Crippen LogP contribution in [-0.2, 0) is 11.3 Å². The predicted octanol–water partition coefficient (Wildman–Crippen LogP) is 2.66. The van der Waals surface area contributed by atoms with Crippen LogP contribution in [0.25, 0.3) is 0 Å². The number of amides is 1. The zero-order valence-electron chi connectivity index (χ0n) is 12.1. The molecule has 1 amide bonds. The first kappa shape index (κ1) is 15.4. The maximum atomic E-state index is 12.4. The molecule has 1 N–H and O–H groups in total. The Bertz CT molecular complexity index is 684. The minimum atomic E-state index is -4.32. The highest BCUT2D eigenvalue weighted by Gasteiger charge is 2.33. The minimum Gasteiger partial charge on any atom is -0.357 e. The molecular weight excluding hydrogens is 309 g/mol. The van der Waals surface area contributed by atoms with Gasteiger partial charge >= 0.3 is 6.18 Å². The summed E-state index contributed by atoms with van der Waals surface area (Å²) in [5, 5.41) is 6.71. The molecule has 1 aromatic carbocycles. The summed E-state index contributed by atoms with van der Waals surface area (Å²) in [5.41, 5.74) is 0.810. The molecule has 0 unspecified atom stereocenters. The van der Waals surface area contributed by atoms with E-state index < -0.39 is 18.8 Å². The monoisotopic (exact) mass is 324 g/mol. The number of nitrogens with zero attached hydrogens (tertiary/aromatic N) is 3. The van der Waals surface area contributed by atoms with Crippen molar-refractivity contribution in [1.29, 1.82) is 0 Å². The molecule has 1 saturated heterocycles. The summed E-state index contributed by atoms with van der Waals surface area (Å²) >= 11 is 0. The van der Waals surface area contributed by atoms with Gasteiger partial charge in [0.1, 0.15) is 18.4 Å². The third-order valence-corrected chi connectivity index (χ3v) is 3.58. The first-order valence-electron chi connectivity index (χ1n) is 7.15. The number of nitrogens with one attached hydrogen (secondary N) is 1. The van der Waals surface area contributed by atoms with Gasteiger partial charge in [-0.3, -0.25) is 9.48 Å². The molecule has 1 atom stereocenters. The van der Waals surface area contributed by atoms with Crippen LogP contribution in [0.15, 0.2) is 42.6 Å². The van der Waals surface area contributed by atoms with Crippen LogP contribution in [0, 0.1) is 0 Å². The zero-order valence-corrected chi connectivity index (χ0v) is 12.1. The summed E-state index contributed by atoms with van der Waals surface area (Å²) in [7, 11) is 0. The van der Waals surface area contributed by atoms with E-state index in [0.717, 1.165) is 10.4 Å². The number of hydrogen-bond donors (Lipinski definition) is 1. The fourth-order valence-electron chi connectivity index (χ4n) is 2.57. The molecule has 23 heavy (non-hydrogen) atoms. The maximum absolute atomic E-state index is 12.4. The lowest BCUT2D eigenvalue weighted by molar-refractivity contribution is -0.142.